The summed E-state index contributed by atoms with van der Waals surface area (Å²) in [5.74, 6) is -1.05. The van der Waals surface area contributed by atoms with Crippen LogP contribution in [0.2, 0.25) is 0 Å². The van der Waals surface area contributed by atoms with Gasteiger partial charge in [0.1, 0.15) is 12.2 Å². The molecule has 0 fully saturated rings. The average molecular weight is 567 g/mol. The minimum absolute atomic E-state index is 0.183. The molecular formula is C27H51O10P. The number of allylic oxidation sites excluding steroid dienone is 2. The van der Waals surface area contributed by atoms with Crippen LogP contribution in [-0.4, -0.2) is 65.7 Å². The highest BCUT2D eigenvalue weighted by Crippen LogP contribution is 2.43. The molecule has 224 valence electrons. The lowest BCUT2D eigenvalue weighted by atomic mass is 10.1. The van der Waals surface area contributed by atoms with Gasteiger partial charge >= 0.3 is 19.8 Å². The molecule has 0 radical (unpaired) electrons. The molecule has 0 aliphatic heterocycles. The lowest BCUT2D eigenvalue weighted by molar-refractivity contribution is -0.153. The number of carbonyl (C=O) groups excluding carboxylic acids is 2. The molecule has 0 bridgehead atoms. The molecule has 0 aliphatic rings. The number of ether oxygens (including phenoxy) is 2. The minimum atomic E-state index is -4.60. The maximum absolute atomic E-state index is 12.1. The molecule has 0 aromatic rings. The van der Waals surface area contributed by atoms with Crippen LogP contribution in [0.5, 0.6) is 0 Å². The zero-order valence-electron chi connectivity index (χ0n) is 23.4. The largest absolute Gasteiger partial charge is 0.472 e. The molecule has 3 unspecified atom stereocenters. The smallest absolute Gasteiger partial charge is 0.457 e. The number of carbonyl (C=O) groups is 2. The predicted molar refractivity (Wildman–Crippen MR) is 145 cm³/mol. The molecular weight excluding hydrogens is 515 g/mol. The van der Waals surface area contributed by atoms with Gasteiger partial charge in [0.15, 0.2) is 0 Å². The molecule has 11 heteroatoms. The fraction of sp³-hybridized carbons (Fsp3) is 0.852. The maximum Gasteiger partial charge on any atom is 0.472 e. The Morgan fingerprint density at radius 2 is 1.11 bits per heavy atom. The molecule has 0 aromatic carbocycles. The first-order valence-corrected chi connectivity index (χ1v) is 15.6. The lowest BCUT2D eigenvalue weighted by Gasteiger charge is -2.20. The Hall–Kier alpha value is -1.29. The standard InChI is InChI=1S/C27H51O10P/c1-3-5-7-9-10-11-12-13-14-15-17-19-27(31)37-25(21-29)23-35-38(32,33)34-22-24(20-28)36-26(30)18-16-8-6-4-2/h9-10,24-25,28-29H,3-8,11-23H2,1-2H3,(H,32,33)/b10-9-. The predicted octanol–water partition coefficient (Wildman–Crippen LogP) is 5.38. The number of aliphatic hydroxyl groups excluding tert-OH is 2. The summed E-state index contributed by atoms with van der Waals surface area (Å²) in [4.78, 5) is 33.7. The van der Waals surface area contributed by atoms with Crippen molar-refractivity contribution in [2.75, 3.05) is 26.4 Å². The third kappa shape index (κ3) is 22.7. The number of hydrogen-bond donors (Lipinski definition) is 3. The van der Waals surface area contributed by atoms with Crippen LogP contribution in [0.1, 0.15) is 110 Å². The van der Waals surface area contributed by atoms with Gasteiger partial charge in [0, 0.05) is 12.8 Å². The molecule has 3 atom stereocenters. The van der Waals surface area contributed by atoms with Crippen LogP contribution < -0.4 is 0 Å². The highest BCUT2D eigenvalue weighted by molar-refractivity contribution is 7.47. The van der Waals surface area contributed by atoms with Crippen molar-refractivity contribution < 1.29 is 47.8 Å². The summed E-state index contributed by atoms with van der Waals surface area (Å²) in [5, 5.41) is 18.8. The van der Waals surface area contributed by atoms with Crippen LogP contribution >= 0.6 is 7.82 Å². The van der Waals surface area contributed by atoms with Crippen molar-refractivity contribution in [3.8, 4) is 0 Å². The number of phosphoric acid groups is 1. The Kier molecular flexibility index (Phi) is 23.9. The normalized spacial score (nSPS) is 14.8. The Morgan fingerprint density at radius 3 is 1.58 bits per heavy atom. The van der Waals surface area contributed by atoms with E-state index in [4.69, 9.17) is 18.5 Å². The van der Waals surface area contributed by atoms with Gasteiger partial charge in [-0.05, 0) is 32.1 Å². The van der Waals surface area contributed by atoms with Crippen molar-refractivity contribution in [3.63, 3.8) is 0 Å². The Balaban J connectivity index is 4.10. The van der Waals surface area contributed by atoms with E-state index in [1.165, 1.54) is 12.8 Å². The summed E-state index contributed by atoms with van der Waals surface area (Å²) in [6.07, 6.45) is 15.6. The number of unbranched alkanes of at least 4 members (excludes halogenated alkanes) is 10. The number of hydrogen-bond acceptors (Lipinski definition) is 9. The van der Waals surface area contributed by atoms with E-state index in [0.29, 0.717) is 12.8 Å². The molecule has 38 heavy (non-hydrogen) atoms. The molecule has 0 aromatic heterocycles. The van der Waals surface area contributed by atoms with Crippen LogP contribution in [0.25, 0.3) is 0 Å². The van der Waals surface area contributed by atoms with Crippen molar-refractivity contribution in [1.82, 2.24) is 0 Å². The lowest BCUT2D eigenvalue weighted by Crippen LogP contribution is -2.28. The van der Waals surface area contributed by atoms with Gasteiger partial charge < -0.3 is 24.6 Å². The number of rotatable bonds is 26. The van der Waals surface area contributed by atoms with Crippen molar-refractivity contribution in [1.29, 1.82) is 0 Å². The molecule has 10 nitrogen and oxygen atoms in total. The second kappa shape index (κ2) is 24.7. The van der Waals surface area contributed by atoms with Crippen molar-refractivity contribution in [3.05, 3.63) is 12.2 Å². The third-order valence-corrected chi connectivity index (χ3v) is 6.68. The SMILES string of the molecule is CCCC/C=C\CCCCCCCC(=O)OC(CO)COP(=O)(O)OCC(CO)OC(=O)CCCCCC. The van der Waals surface area contributed by atoms with Crippen LogP contribution in [0, 0.1) is 0 Å². The molecule has 3 N–H and O–H groups in total. The van der Waals surface area contributed by atoms with Gasteiger partial charge in [0.05, 0.1) is 26.4 Å². The molecule has 0 heterocycles. The summed E-state index contributed by atoms with van der Waals surface area (Å²) in [6.45, 7) is 1.95. The van der Waals surface area contributed by atoms with E-state index in [9.17, 15) is 29.3 Å². The van der Waals surface area contributed by atoms with Crippen LogP contribution in [0.4, 0.5) is 0 Å². The van der Waals surface area contributed by atoms with Gasteiger partial charge in [-0.3, -0.25) is 18.6 Å². The Bertz CT molecular complexity index is 670. The molecule has 0 saturated carbocycles. The summed E-state index contributed by atoms with van der Waals surface area (Å²) >= 11 is 0. The van der Waals surface area contributed by atoms with Crippen LogP contribution in [-0.2, 0) is 32.7 Å². The highest BCUT2D eigenvalue weighted by Gasteiger charge is 2.27. The average Bonchev–Trinajstić information content (AvgIpc) is 2.90. The summed E-state index contributed by atoms with van der Waals surface area (Å²) in [5.41, 5.74) is 0. The van der Waals surface area contributed by atoms with E-state index in [1.807, 2.05) is 0 Å². The monoisotopic (exact) mass is 566 g/mol. The third-order valence-electron chi connectivity index (χ3n) is 5.73. The van der Waals surface area contributed by atoms with E-state index in [0.717, 1.165) is 57.8 Å². The number of phosphoric ester groups is 1. The summed E-state index contributed by atoms with van der Waals surface area (Å²) in [6, 6.07) is 0. The second-order valence-electron chi connectivity index (χ2n) is 9.38. The van der Waals surface area contributed by atoms with Gasteiger partial charge in [-0.25, -0.2) is 4.57 Å². The van der Waals surface area contributed by atoms with Crippen molar-refractivity contribution in [2.45, 2.75) is 122 Å². The van der Waals surface area contributed by atoms with Crippen molar-refractivity contribution in [2.24, 2.45) is 0 Å². The van der Waals surface area contributed by atoms with Gasteiger partial charge in [-0.15, -0.1) is 0 Å². The fourth-order valence-electron chi connectivity index (χ4n) is 3.45. The summed E-state index contributed by atoms with van der Waals surface area (Å²) < 4.78 is 31.9. The van der Waals surface area contributed by atoms with E-state index < -0.39 is 58.4 Å². The van der Waals surface area contributed by atoms with Crippen LogP contribution in [0.15, 0.2) is 12.2 Å². The molecule has 0 saturated heterocycles. The van der Waals surface area contributed by atoms with Gasteiger partial charge in [0.2, 0.25) is 0 Å². The molecule has 0 amide bonds. The zero-order valence-corrected chi connectivity index (χ0v) is 24.3. The molecule has 0 rings (SSSR count). The first-order valence-electron chi connectivity index (χ1n) is 14.1. The maximum atomic E-state index is 12.1. The highest BCUT2D eigenvalue weighted by atomic mass is 31.2. The fourth-order valence-corrected chi connectivity index (χ4v) is 4.23. The quantitative estimate of drug-likeness (QED) is 0.0539. The first-order chi connectivity index (χ1) is 18.3. The van der Waals surface area contributed by atoms with E-state index in [1.54, 1.807) is 0 Å². The van der Waals surface area contributed by atoms with Gasteiger partial charge in [-0.2, -0.15) is 0 Å². The van der Waals surface area contributed by atoms with E-state index in [2.05, 4.69) is 26.0 Å². The molecule has 0 aliphatic carbocycles. The summed E-state index contributed by atoms with van der Waals surface area (Å²) in [7, 11) is -4.60. The van der Waals surface area contributed by atoms with E-state index in [-0.39, 0.29) is 12.8 Å². The first kappa shape index (κ1) is 36.7. The van der Waals surface area contributed by atoms with Gasteiger partial charge in [0.25, 0.3) is 0 Å². The van der Waals surface area contributed by atoms with Crippen molar-refractivity contribution >= 4 is 19.8 Å². The Labute approximate surface area is 228 Å². The van der Waals surface area contributed by atoms with E-state index >= 15 is 0 Å². The minimum Gasteiger partial charge on any atom is -0.457 e. The van der Waals surface area contributed by atoms with Crippen LogP contribution in [0.3, 0.4) is 0 Å². The topological polar surface area (TPSA) is 149 Å². The number of aliphatic hydroxyl groups is 2. The Morgan fingerprint density at radius 1 is 0.684 bits per heavy atom. The zero-order chi connectivity index (χ0) is 28.5. The van der Waals surface area contributed by atoms with Gasteiger partial charge in [-0.1, -0.05) is 77.4 Å². The second-order valence-corrected chi connectivity index (χ2v) is 10.8. The number of esters is 2. The molecule has 0 spiro atoms.